The van der Waals surface area contributed by atoms with Gasteiger partial charge in [0.25, 0.3) is 0 Å². The molecule has 0 unspecified atom stereocenters. The highest BCUT2D eigenvalue weighted by molar-refractivity contribution is 5.92. The first-order chi connectivity index (χ1) is 10.8. The van der Waals surface area contributed by atoms with E-state index in [0.717, 1.165) is 10.9 Å². The standard InChI is InChI=1S/C14H11FN6O/c1-22-11-3-9-7(4-19-21-9)2-10(11)20-14-12-8(15)5-16-13(12)17-6-18-14/h2-6H,1H3,(H,19,21)(H2,16,17,18,20). The Kier molecular flexibility index (Phi) is 2.68. The number of hydrogen-bond acceptors (Lipinski definition) is 5. The number of methoxy groups -OCH3 is 1. The van der Waals surface area contributed by atoms with Gasteiger partial charge in [-0.05, 0) is 6.07 Å². The lowest BCUT2D eigenvalue weighted by Crippen LogP contribution is -1.98. The lowest BCUT2D eigenvalue weighted by Gasteiger charge is -2.11. The number of nitrogens with one attached hydrogen (secondary N) is 3. The van der Waals surface area contributed by atoms with Gasteiger partial charge in [0.1, 0.15) is 23.5 Å². The third-order valence-corrected chi connectivity index (χ3v) is 3.44. The number of hydrogen-bond donors (Lipinski definition) is 3. The molecule has 0 aliphatic carbocycles. The summed E-state index contributed by atoms with van der Waals surface area (Å²) in [6.45, 7) is 0. The van der Waals surface area contributed by atoms with Crippen molar-refractivity contribution >= 4 is 33.4 Å². The molecule has 0 aliphatic heterocycles. The summed E-state index contributed by atoms with van der Waals surface area (Å²) in [5.41, 5.74) is 1.94. The third kappa shape index (κ3) is 1.85. The zero-order valence-electron chi connectivity index (χ0n) is 11.5. The van der Waals surface area contributed by atoms with Crippen molar-refractivity contribution in [3.8, 4) is 5.75 Å². The molecule has 7 nitrogen and oxygen atoms in total. The maximum Gasteiger partial charge on any atom is 0.153 e. The molecule has 0 radical (unpaired) electrons. The predicted molar refractivity (Wildman–Crippen MR) is 79.8 cm³/mol. The molecular formula is C14H11FN6O. The molecule has 0 aliphatic rings. The van der Waals surface area contributed by atoms with E-state index in [0.29, 0.717) is 28.3 Å². The number of ether oxygens (including phenoxy) is 1. The third-order valence-electron chi connectivity index (χ3n) is 3.44. The molecule has 0 atom stereocenters. The summed E-state index contributed by atoms with van der Waals surface area (Å²) in [5, 5.41) is 11.2. The molecule has 0 amide bonds. The van der Waals surface area contributed by atoms with Crippen LogP contribution in [-0.4, -0.2) is 32.3 Å². The molecule has 0 saturated carbocycles. The summed E-state index contributed by atoms with van der Waals surface area (Å²) < 4.78 is 19.3. The molecular weight excluding hydrogens is 287 g/mol. The first-order valence-corrected chi connectivity index (χ1v) is 6.52. The van der Waals surface area contributed by atoms with Crippen LogP contribution >= 0.6 is 0 Å². The second-order valence-corrected chi connectivity index (χ2v) is 4.72. The first-order valence-electron chi connectivity index (χ1n) is 6.52. The van der Waals surface area contributed by atoms with Gasteiger partial charge in [-0.2, -0.15) is 5.10 Å². The number of aromatic nitrogens is 5. The molecule has 110 valence electrons. The van der Waals surface area contributed by atoms with E-state index in [-0.39, 0.29) is 0 Å². The van der Waals surface area contributed by atoms with E-state index in [2.05, 4.69) is 30.5 Å². The second kappa shape index (κ2) is 4.69. The van der Waals surface area contributed by atoms with Crippen LogP contribution in [0.3, 0.4) is 0 Å². The number of benzene rings is 1. The van der Waals surface area contributed by atoms with Crippen LogP contribution in [0.1, 0.15) is 0 Å². The van der Waals surface area contributed by atoms with Crippen LogP contribution in [0.15, 0.2) is 30.9 Å². The summed E-state index contributed by atoms with van der Waals surface area (Å²) >= 11 is 0. The topological polar surface area (TPSA) is 91.5 Å². The molecule has 4 aromatic rings. The average molecular weight is 298 g/mol. The molecule has 3 heterocycles. The van der Waals surface area contributed by atoms with E-state index >= 15 is 0 Å². The van der Waals surface area contributed by atoms with Crippen molar-refractivity contribution in [3.63, 3.8) is 0 Å². The van der Waals surface area contributed by atoms with E-state index in [1.54, 1.807) is 13.3 Å². The summed E-state index contributed by atoms with van der Waals surface area (Å²) in [6.07, 6.45) is 4.32. The number of anilines is 2. The Labute approximate surface area is 123 Å². The average Bonchev–Trinajstić information content (AvgIpc) is 3.13. The van der Waals surface area contributed by atoms with Crippen molar-refractivity contribution in [1.82, 2.24) is 25.1 Å². The molecule has 22 heavy (non-hydrogen) atoms. The van der Waals surface area contributed by atoms with E-state index in [9.17, 15) is 4.39 Å². The van der Waals surface area contributed by atoms with Gasteiger partial charge in [0.05, 0.1) is 29.9 Å². The lowest BCUT2D eigenvalue weighted by atomic mass is 10.2. The Morgan fingerprint density at radius 2 is 2.18 bits per heavy atom. The number of rotatable bonds is 3. The summed E-state index contributed by atoms with van der Waals surface area (Å²) in [6, 6.07) is 3.67. The normalized spacial score (nSPS) is 11.2. The van der Waals surface area contributed by atoms with Gasteiger partial charge in [-0.15, -0.1) is 0 Å². The fourth-order valence-corrected chi connectivity index (χ4v) is 2.39. The Morgan fingerprint density at radius 3 is 3.05 bits per heavy atom. The minimum atomic E-state index is -0.415. The Morgan fingerprint density at radius 1 is 1.27 bits per heavy atom. The molecule has 0 saturated heterocycles. The summed E-state index contributed by atoms with van der Waals surface area (Å²) in [5.74, 6) is 0.547. The Bertz CT molecular complexity index is 976. The van der Waals surface area contributed by atoms with Gasteiger partial charge in [-0.3, -0.25) is 5.10 Å². The lowest BCUT2D eigenvalue weighted by molar-refractivity contribution is 0.417. The number of aromatic amines is 2. The minimum Gasteiger partial charge on any atom is -0.494 e. The van der Waals surface area contributed by atoms with Gasteiger partial charge in [0.2, 0.25) is 0 Å². The van der Waals surface area contributed by atoms with Gasteiger partial charge < -0.3 is 15.0 Å². The molecule has 0 spiro atoms. The number of fused-ring (bicyclic) bond motifs is 2. The summed E-state index contributed by atoms with van der Waals surface area (Å²) in [7, 11) is 1.56. The second-order valence-electron chi connectivity index (χ2n) is 4.72. The van der Waals surface area contributed by atoms with Crippen LogP contribution in [-0.2, 0) is 0 Å². The highest BCUT2D eigenvalue weighted by Crippen LogP contribution is 2.33. The smallest absolute Gasteiger partial charge is 0.153 e. The zero-order valence-corrected chi connectivity index (χ0v) is 11.5. The molecule has 4 rings (SSSR count). The molecule has 1 aromatic carbocycles. The van der Waals surface area contributed by atoms with Crippen LogP contribution in [0.2, 0.25) is 0 Å². The van der Waals surface area contributed by atoms with E-state index in [4.69, 9.17) is 4.74 Å². The van der Waals surface area contributed by atoms with Gasteiger partial charge in [-0.1, -0.05) is 0 Å². The van der Waals surface area contributed by atoms with Crippen molar-refractivity contribution in [2.24, 2.45) is 0 Å². The van der Waals surface area contributed by atoms with Gasteiger partial charge in [0.15, 0.2) is 5.82 Å². The highest BCUT2D eigenvalue weighted by atomic mass is 19.1. The quantitative estimate of drug-likeness (QED) is 0.541. The number of nitrogens with zero attached hydrogens (tertiary/aromatic N) is 3. The van der Waals surface area contributed by atoms with Crippen LogP contribution in [0, 0.1) is 5.82 Å². The van der Waals surface area contributed by atoms with Gasteiger partial charge in [0, 0.05) is 17.6 Å². The van der Waals surface area contributed by atoms with E-state index in [1.807, 2.05) is 12.1 Å². The van der Waals surface area contributed by atoms with Crippen molar-refractivity contribution in [3.05, 3.63) is 36.7 Å². The fraction of sp³-hybridized carbons (Fsp3) is 0.0714. The van der Waals surface area contributed by atoms with Crippen molar-refractivity contribution < 1.29 is 9.13 Å². The number of H-pyrrole nitrogens is 2. The Balaban J connectivity index is 1.86. The monoisotopic (exact) mass is 298 g/mol. The minimum absolute atomic E-state index is 0.303. The van der Waals surface area contributed by atoms with Crippen LogP contribution in [0.25, 0.3) is 21.9 Å². The maximum absolute atomic E-state index is 13.9. The molecule has 3 aromatic heterocycles. The van der Waals surface area contributed by atoms with Crippen molar-refractivity contribution in [1.29, 1.82) is 0 Å². The van der Waals surface area contributed by atoms with Crippen LogP contribution in [0.5, 0.6) is 5.75 Å². The molecule has 8 heteroatoms. The van der Waals surface area contributed by atoms with Crippen molar-refractivity contribution in [2.75, 3.05) is 12.4 Å². The maximum atomic E-state index is 13.9. The van der Waals surface area contributed by atoms with Gasteiger partial charge in [-0.25, -0.2) is 14.4 Å². The zero-order chi connectivity index (χ0) is 15.1. The van der Waals surface area contributed by atoms with E-state index < -0.39 is 5.82 Å². The molecule has 3 N–H and O–H groups in total. The largest absolute Gasteiger partial charge is 0.494 e. The van der Waals surface area contributed by atoms with Crippen LogP contribution < -0.4 is 10.1 Å². The molecule has 0 bridgehead atoms. The summed E-state index contributed by atoms with van der Waals surface area (Å²) in [4.78, 5) is 10.9. The number of halogens is 1. The fourth-order valence-electron chi connectivity index (χ4n) is 2.39. The van der Waals surface area contributed by atoms with Crippen LogP contribution in [0.4, 0.5) is 15.9 Å². The SMILES string of the molecule is COc1cc2[nH]ncc2cc1Nc1ncnc2[nH]cc(F)c12. The van der Waals surface area contributed by atoms with Crippen molar-refractivity contribution in [2.45, 2.75) is 0 Å². The first kappa shape index (κ1) is 12.6. The predicted octanol–water partition coefficient (Wildman–Crippen LogP) is 2.73. The molecule has 0 fully saturated rings. The Hall–Kier alpha value is -3.16. The highest BCUT2D eigenvalue weighted by Gasteiger charge is 2.14. The van der Waals surface area contributed by atoms with E-state index in [1.165, 1.54) is 12.5 Å². The van der Waals surface area contributed by atoms with Gasteiger partial charge >= 0.3 is 0 Å².